The fraction of sp³-hybridized carbons (Fsp3) is 0.273. The van der Waals surface area contributed by atoms with E-state index in [1.807, 2.05) is 18.2 Å². The minimum absolute atomic E-state index is 0.0169. The standard InChI is InChI=1S/C11H9NO/c12-6-8-2-1-3-10-9(7-13)4-5-11(8)10/h1-3,7,9H,4-5H2. The van der Waals surface area contributed by atoms with E-state index < -0.39 is 0 Å². The predicted molar refractivity (Wildman–Crippen MR) is 48.3 cm³/mol. The highest BCUT2D eigenvalue weighted by molar-refractivity contribution is 5.66. The van der Waals surface area contributed by atoms with Gasteiger partial charge in [-0.15, -0.1) is 0 Å². The maximum Gasteiger partial charge on any atom is 0.127 e. The molecule has 0 bridgehead atoms. The molecule has 0 heterocycles. The van der Waals surface area contributed by atoms with Gasteiger partial charge in [0.25, 0.3) is 0 Å². The molecule has 0 saturated heterocycles. The molecular weight excluding hydrogens is 162 g/mol. The van der Waals surface area contributed by atoms with Gasteiger partial charge in [0.05, 0.1) is 11.6 Å². The molecule has 1 aliphatic carbocycles. The van der Waals surface area contributed by atoms with Gasteiger partial charge in [-0.2, -0.15) is 5.26 Å². The van der Waals surface area contributed by atoms with Gasteiger partial charge in [0, 0.05) is 5.92 Å². The molecule has 1 aliphatic rings. The van der Waals surface area contributed by atoms with Crippen LogP contribution in [-0.2, 0) is 11.2 Å². The van der Waals surface area contributed by atoms with Crippen molar-refractivity contribution >= 4 is 6.29 Å². The van der Waals surface area contributed by atoms with Crippen LogP contribution in [0.5, 0.6) is 0 Å². The number of rotatable bonds is 1. The molecule has 0 amide bonds. The van der Waals surface area contributed by atoms with Crippen LogP contribution in [0.25, 0.3) is 0 Å². The fourth-order valence-corrected chi connectivity index (χ4v) is 1.93. The summed E-state index contributed by atoms with van der Waals surface area (Å²) >= 11 is 0. The highest BCUT2D eigenvalue weighted by atomic mass is 16.1. The van der Waals surface area contributed by atoms with Crippen LogP contribution in [-0.4, -0.2) is 6.29 Å². The quantitative estimate of drug-likeness (QED) is 0.604. The molecule has 0 aromatic heterocycles. The van der Waals surface area contributed by atoms with E-state index in [0.717, 1.165) is 35.8 Å². The van der Waals surface area contributed by atoms with Crippen molar-refractivity contribution in [1.82, 2.24) is 0 Å². The molecule has 0 aliphatic heterocycles. The summed E-state index contributed by atoms with van der Waals surface area (Å²) < 4.78 is 0. The van der Waals surface area contributed by atoms with Gasteiger partial charge in [0.1, 0.15) is 6.29 Å². The summed E-state index contributed by atoms with van der Waals surface area (Å²) in [6.07, 6.45) is 2.70. The molecule has 0 saturated carbocycles. The second-order valence-electron chi connectivity index (χ2n) is 3.27. The van der Waals surface area contributed by atoms with E-state index >= 15 is 0 Å². The minimum Gasteiger partial charge on any atom is -0.303 e. The van der Waals surface area contributed by atoms with E-state index in [1.54, 1.807) is 0 Å². The average molecular weight is 171 g/mol. The Morgan fingerprint density at radius 3 is 3.08 bits per heavy atom. The van der Waals surface area contributed by atoms with Crippen LogP contribution < -0.4 is 0 Å². The molecule has 64 valence electrons. The zero-order chi connectivity index (χ0) is 9.26. The van der Waals surface area contributed by atoms with Crippen molar-refractivity contribution in [3.63, 3.8) is 0 Å². The molecule has 0 fully saturated rings. The molecule has 0 N–H and O–H groups in total. The van der Waals surface area contributed by atoms with Crippen LogP contribution in [0.15, 0.2) is 18.2 Å². The lowest BCUT2D eigenvalue weighted by Crippen LogP contribution is -1.94. The first-order chi connectivity index (χ1) is 6.36. The number of hydrogen-bond donors (Lipinski definition) is 0. The van der Waals surface area contributed by atoms with Gasteiger partial charge in [-0.3, -0.25) is 0 Å². The Morgan fingerprint density at radius 1 is 1.54 bits per heavy atom. The number of nitriles is 1. The highest BCUT2D eigenvalue weighted by Crippen LogP contribution is 2.33. The molecule has 1 aromatic carbocycles. The zero-order valence-electron chi connectivity index (χ0n) is 7.16. The lowest BCUT2D eigenvalue weighted by molar-refractivity contribution is -0.109. The first-order valence-electron chi connectivity index (χ1n) is 4.34. The summed E-state index contributed by atoms with van der Waals surface area (Å²) in [7, 11) is 0. The van der Waals surface area contributed by atoms with E-state index in [1.165, 1.54) is 0 Å². The summed E-state index contributed by atoms with van der Waals surface area (Å²) in [6, 6.07) is 7.76. The molecule has 1 atom stereocenters. The van der Waals surface area contributed by atoms with Gasteiger partial charge in [0.2, 0.25) is 0 Å². The Kier molecular flexibility index (Phi) is 1.86. The van der Waals surface area contributed by atoms with Crippen molar-refractivity contribution in [3.05, 3.63) is 34.9 Å². The number of carbonyl (C=O) groups excluding carboxylic acids is 1. The monoisotopic (exact) mass is 171 g/mol. The summed E-state index contributed by atoms with van der Waals surface area (Å²) in [4.78, 5) is 10.7. The van der Waals surface area contributed by atoms with E-state index in [9.17, 15) is 4.79 Å². The van der Waals surface area contributed by atoms with Crippen molar-refractivity contribution in [1.29, 1.82) is 5.26 Å². The maximum atomic E-state index is 10.7. The molecule has 1 unspecified atom stereocenters. The Hall–Kier alpha value is -1.62. The van der Waals surface area contributed by atoms with Crippen molar-refractivity contribution in [2.45, 2.75) is 18.8 Å². The van der Waals surface area contributed by atoms with Crippen LogP contribution in [0.1, 0.15) is 29.0 Å². The largest absolute Gasteiger partial charge is 0.303 e. The van der Waals surface area contributed by atoms with Gasteiger partial charge in [0.15, 0.2) is 0 Å². The fourth-order valence-electron chi connectivity index (χ4n) is 1.93. The Balaban J connectivity index is 2.56. The number of nitrogens with zero attached hydrogens (tertiary/aromatic N) is 1. The van der Waals surface area contributed by atoms with E-state index in [2.05, 4.69) is 6.07 Å². The molecule has 2 heteroatoms. The van der Waals surface area contributed by atoms with Gasteiger partial charge >= 0.3 is 0 Å². The first kappa shape index (κ1) is 8.00. The third-order valence-electron chi connectivity index (χ3n) is 2.60. The number of fused-ring (bicyclic) bond motifs is 1. The normalized spacial score (nSPS) is 19.2. The SMILES string of the molecule is N#Cc1cccc2c1CCC2C=O. The average Bonchev–Trinajstić information content (AvgIpc) is 2.60. The molecule has 0 radical (unpaired) electrons. The summed E-state index contributed by atoms with van der Waals surface area (Å²) in [5.74, 6) is 0.0169. The predicted octanol–water partition coefficient (Wildman–Crippen LogP) is 1.79. The number of hydrogen-bond acceptors (Lipinski definition) is 2. The van der Waals surface area contributed by atoms with Crippen molar-refractivity contribution in [2.75, 3.05) is 0 Å². The van der Waals surface area contributed by atoms with Crippen molar-refractivity contribution in [2.24, 2.45) is 0 Å². The molecule has 0 spiro atoms. The number of benzene rings is 1. The van der Waals surface area contributed by atoms with Crippen molar-refractivity contribution in [3.8, 4) is 6.07 Å². The zero-order valence-corrected chi connectivity index (χ0v) is 7.16. The summed E-state index contributed by atoms with van der Waals surface area (Å²) in [6.45, 7) is 0. The molecule has 2 nitrogen and oxygen atoms in total. The van der Waals surface area contributed by atoms with Crippen LogP contribution in [0.2, 0.25) is 0 Å². The second kappa shape index (κ2) is 3.02. The smallest absolute Gasteiger partial charge is 0.127 e. The number of aldehydes is 1. The van der Waals surface area contributed by atoms with Crippen LogP contribution in [0.4, 0.5) is 0 Å². The molecule has 2 rings (SSSR count). The molecule has 1 aromatic rings. The Morgan fingerprint density at radius 2 is 2.38 bits per heavy atom. The highest BCUT2D eigenvalue weighted by Gasteiger charge is 2.23. The molecular formula is C11H9NO. The van der Waals surface area contributed by atoms with Gasteiger partial charge in [-0.25, -0.2) is 0 Å². The van der Waals surface area contributed by atoms with Crippen LogP contribution in [0.3, 0.4) is 0 Å². The summed E-state index contributed by atoms with van der Waals surface area (Å²) in [5.41, 5.74) is 2.85. The Labute approximate surface area is 76.8 Å². The van der Waals surface area contributed by atoms with E-state index in [0.29, 0.717) is 0 Å². The first-order valence-corrected chi connectivity index (χ1v) is 4.34. The topological polar surface area (TPSA) is 40.9 Å². The van der Waals surface area contributed by atoms with Gasteiger partial charge < -0.3 is 4.79 Å². The third kappa shape index (κ3) is 1.13. The lowest BCUT2D eigenvalue weighted by atomic mass is 10.0. The lowest BCUT2D eigenvalue weighted by Gasteiger charge is -2.02. The molecule has 13 heavy (non-hydrogen) atoms. The van der Waals surface area contributed by atoms with E-state index in [-0.39, 0.29) is 5.92 Å². The second-order valence-corrected chi connectivity index (χ2v) is 3.27. The minimum atomic E-state index is 0.0169. The van der Waals surface area contributed by atoms with Crippen molar-refractivity contribution < 1.29 is 4.79 Å². The summed E-state index contributed by atoms with van der Waals surface area (Å²) in [5, 5.41) is 8.82. The number of carbonyl (C=O) groups is 1. The Bertz CT molecular complexity index is 390. The van der Waals surface area contributed by atoms with Gasteiger partial charge in [-0.1, -0.05) is 12.1 Å². The van der Waals surface area contributed by atoms with Crippen LogP contribution >= 0.6 is 0 Å². The maximum absolute atomic E-state index is 10.7. The van der Waals surface area contributed by atoms with Crippen LogP contribution in [0, 0.1) is 11.3 Å². The van der Waals surface area contributed by atoms with E-state index in [4.69, 9.17) is 5.26 Å². The van der Waals surface area contributed by atoms with Gasteiger partial charge in [-0.05, 0) is 30.0 Å². The third-order valence-corrected chi connectivity index (χ3v) is 2.60.